The Morgan fingerprint density at radius 2 is 2.04 bits per heavy atom. The van der Waals surface area contributed by atoms with Gasteiger partial charge in [0, 0.05) is 5.69 Å². The maximum atomic E-state index is 12.9. The summed E-state index contributed by atoms with van der Waals surface area (Å²) in [5.41, 5.74) is -0.458. The summed E-state index contributed by atoms with van der Waals surface area (Å²) >= 11 is 0. The third-order valence-corrected chi connectivity index (χ3v) is 4.93. The molecule has 24 heavy (non-hydrogen) atoms. The smallest absolute Gasteiger partial charge is 0.325 e. The summed E-state index contributed by atoms with van der Waals surface area (Å²) in [6, 6.07) is 4.76. The number of nitrogens with zero attached hydrogens (tertiary/aromatic N) is 1. The van der Waals surface area contributed by atoms with Crippen molar-refractivity contribution in [2.45, 2.75) is 38.1 Å². The number of carbonyl (C=O) groups excluding carboxylic acids is 3. The second-order valence-electron chi connectivity index (χ2n) is 6.49. The molecule has 2 N–H and O–H groups in total. The Morgan fingerprint density at radius 3 is 2.71 bits per heavy atom. The number of carbonyl (C=O) groups is 3. The summed E-state index contributed by atoms with van der Waals surface area (Å²) in [5.74, 6) is -1.18. The number of nitrogens with one attached hydrogen (secondary N) is 2. The minimum Gasteiger partial charge on any atom is -0.325 e. The highest BCUT2D eigenvalue weighted by molar-refractivity contribution is 6.10. The molecule has 1 aliphatic carbocycles. The van der Waals surface area contributed by atoms with Gasteiger partial charge in [-0.05, 0) is 43.0 Å². The van der Waals surface area contributed by atoms with Crippen LogP contribution in [-0.4, -0.2) is 34.8 Å². The zero-order valence-electron chi connectivity index (χ0n) is 13.5. The summed E-state index contributed by atoms with van der Waals surface area (Å²) in [5, 5.41) is 5.36. The Balaban J connectivity index is 1.68. The first-order valence-electron chi connectivity index (χ1n) is 8.12. The minimum atomic E-state index is -0.870. The standard InChI is InChI=1S/C17H20FN3O3/c1-11-4-2-3-9-17(11)15(23)21(16(24)20-17)10-14(22)19-13-7-5-12(18)6-8-13/h5-8,11H,2-4,9-10H2,1H3,(H,19,22)(H,20,24). The van der Waals surface area contributed by atoms with E-state index in [2.05, 4.69) is 10.6 Å². The van der Waals surface area contributed by atoms with E-state index in [0.717, 1.165) is 24.2 Å². The average Bonchev–Trinajstić information content (AvgIpc) is 2.78. The number of rotatable bonds is 3. The largest absolute Gasteiger partial charge is 0.325 e. The molecule has 2 unspecified atom stereocenters. The molecule has 1 aromatic rings. The summed E-state index contributed by atoms with van der Waals surface area (Å²) in [4.78, 5) is 38.0. The van der Waals surface area contributed by atoms with Crippen LogP contribution in [0.3, 0.4) is 0 Å². The van der Waals surface area contributed by atoms with Crippen LogP contribution in [0.25, 0.3) is 0 Å². The van der Waals surface area contributed by atoms with Crippen LogP contribution in [-0.2, 0) is 9.59 Å². The van der Waals surface area contributed by atoms with Crippen LogP contribution in [0, 0.1) is 11.7 Å². The highest BCUT2D eigenvalue weighted by atomic mass is 19.1. The van der Waals surface area contributed by atoms with Crippen molar-refractivity contribution in [1.29, 1.82) is 0 Å². The first-order chi connectivity index (χ1) is 11.4. The van der Waals surface area contributed by atoms with Gasteiger partial charge in [0.15, 0.2) is 0 Å². The van der Waals surface area contributed by atoms with Crippen molar-refractivity contribution in [2.24, 2.45) is 5.92 Å². The lowest BCUT2D eigenvalue weighted by molar-refractivity contribution is -0.136. The molecule has 0 bridgehead atoms. The fourth-order valence-electron chi connectivity index (χ4n) is 3.52. The summed E-state index contributed by atoms with van der Waals surface area (Å²) in [6.07, 6.45) is 3.40. The molecular formula is C17H20FN3O3. The first kappa shape index (κ1) is 16.4. The molecule has 1 saturated heterocycles. The second-order valence-corrected chi connectivity index (χ2v) is 6.49. The molecule has 2 fully saturated rings. The molecule has 2 atom stereocenters. The number of hydrogen-bond acceptors (Lipinski definition) is 3. The van der Waals surface area contributed by atoms with Gasteiger partial charge in [0.05, 0.1) is 0 Å². The van der Waals surface area contributed by atoms with Crippen molar-refractivity contribution >= 4 is 23.5 Å². The van der Waals surface area contributed by atoms with Gasteiger partial charge < -0.3 is 10.6 Å². The molecule has 0 aromatic heterocycles. The van der Waals surface area contributed by atoms with E-state index in [1.165, 1.54) is 24.3 Å². The van der Waals surface area contributed by atoms with Gasteiger partial charge >= 0.3 is 6.03 Å². The van der Waals surface area contributed by atoms with E-state index in [1.807, 2.05) is 6.92 Å². The molecule has 0 radical (unpaired) electrons. The van der Waals surface area contributed by atoms with Gasteiger partial charge in [-0.25, -0.2) is 9.18 Å². The molecule has 7 heteroatoms. The highest BCUT2D eigenvalue weighted by Gasteiger charge is 2.55. The fraction of sp³-hybridized carbons (Fsp3) is 0.471. The lowest BCUT2D eigenvalue weighted by Gasteiger charge is -2.36. The summed E-state index contributed by atoms with van der Waals surface area (Å²) < 4.78 is 12.9. The third kappa shape index (κ3) is 2.86. The Bertz CT molecular complexity index is 676. The lowest BCUT2D eigenvalue weighted by Crippen LogP contribution is -2.54. The topological polar surface area (TPSA) is 78.5 Å². The number of benzene rings is 1. The molecule has 1 aliphatic heterocycles. The van der Waals surface area contributed by atoms with Gasteiger partial charge in [0.1, 0.15) is 17.9 Å². The Kier molecular flexibility index (Phi) is 4.26. The van der Waals surface area contributed by atoms with Crippen LogP contribution in [0.1, 0.15) is 32.6 Å². The van der Waals surface area contributed by atoms with E-state index in [-0.39, 0.29) is 18.4 Å². The maximum absolute atomic E-state index is 12.9. The molecular weight excluding hydrogens is 313 g/mol. The van der Waals surface area contributed by atoms with E-state index >= 15 is 0 Å². The van der Waals surface area contributed by atoms with Gasteiger partial charge in [-0.2, -0.15) is 0 Å². The zero-order valence-corrected chi connectivity index (χ0v) is 13.5. The molecule has 1 heterocycles. The Hall–Kier alpha value is -2.44. The van der Waals surface area contributed by atoms with Gasteiger partial charge in [0.2, 0.25) is 5.91 Å². The molecule has 128 valence electrons. The maximum Gasteiger partial charge on any atom is 0.325 e. The van der Waals surface area contributed by atoms with E-state index in [9.17, 15) is 18.8 Å². The number of hydrogen-bond donors (Lipinski definition) is 2. The van der Waals surface area contributed by atoms with Gasteiger partial charge in [0.25, 0.3) is 5.91 Å². The predicted octanol–water partition coefficient (Wildman–Crippen LogP) is 2.26. The quantitative estimate of drug-likeness (QED) is 0.833. The lowest BCUT2D eigenvalue weighted by atomic mass is 9.73. The predicted molar refractivity (Wildman–Crippen MR) is 85.6 cm³/mol. The van der Waals surface area contributed by atoms with Crippen LogP contribution in [0.4, 0.5) is 14.9 Å². The van der Waals surface area contributed by atoms with Crippen molar-refractivity contribution in [3.05, 3.63) is 30.1 Å². The normalized spacial score (nSPS) is 26.6. The summed E-state index contributed by atoms with van der Waals surface area (Å²) in [7, 11) is 0. The van der Waals surface area contributed by atoms with Crippen LogP contribution in [0.2, 0.25) is 0 Å². The molecule has 3 rings (SSSR count). The van der Waals surface area contributed by atoms with Crippen LogP contribution < -0.4 is 10.6 Å². The highest BCUT2D eigenvalue weighted by Crippen LogP contribution is 2.38. The number of imide groups is 1. The van der Waals surface area contributed by atoms with Crippen LogP contribution >= 0.6 is 0 Å². The SMILES string of the molecule is CC1CCCCC12NC(=O)N(CC(=O)Nc1ccc(F)cc1)C2=O. The number of halogens is 1. The number of amides is 4. The van der Waals surface area contributed by atoms with E-state index in [1.54, 1.807) is 0 Å². The first-order valence-corrected chi connectivity index (χ1v) is 8.12. The van der Waals surface area contributed by atoms with Gasteiger partial charge in [-0.1, -0.05) is 19.8 Å². The van der Waals surface area contributed by atoms with Gasteiger partial charge in [-0.15, -0.1) is 0 Å². The van der Waals surface area contributed by atoms with Crippen LogP contribution in [0.15, 0.2) is 24.3 Å². The van der Waals surface area contributed by atoms with Gasteiger partial charge in [-0.3, -0.25) is 14.5 Å². The number of urea groups is 1. The second kappa shape index (κ2) is 6.22. The summed E-state index contributed by atoms with van der Waals surface area (Å²) in [6.45, 7) is 1.61. The third-order valence-electron chi connectivity index (χ3n) is 4.93. The molecule has 4 amide bonds. The monoisotopic (exact) mass is 333 g/mol. The average molecular weight is 333 g/mol. The van der Waals surface area contributed by atoms with E-state index in [0.29, 0.717) is 12.1 Å². The van der Waals surface area contributed by atoms with Crippen molar-refractivity contribution in [1.82, 2.24) is 10.2 Å². The molecule has 2 aliphatic rings. The minimum absolute atomic E-state index is 0.0489. The van der Waals surface area contributed by atoms with Crippen molar-refractivity contribution in [3.63, 3.8) is 0 Å². The zero-order chi connectivity index (χ0) is 17.3. The van der Waals surface area contributed by atoms with Crippen molar-refractivity contribution < 1.29 is 18.8 Å². The number of anilines is 1. The Labute approximate surface area is 139 Å². The van der Waals surface area contributed by atoms with E-state index in [4.69, 9.17) is 0 Å². The van der Waals surface area contributed by atoms with Crippen molar-refractivity contribution in [3.8, 4) is 0 Å². The molecule has 6 nitrogen and oxygen atoms in total. The molecule has 1 saturated carbocycles. The van der Waals surface area contributed by atoms with Crippen LogP contribution in [0.5, 0.6) is 0 Å². The van der Waals surface area contributed by atoms with E-state index < -0.39 is 23.3 Å². The fourth-order valence-corrected chi connectivity index (χ4v) is 3.52. The Morgan fingerprint density at radius 1 is 1.33 bits per heavy atom. The molecule has 1 aromatic carbocycles. The van der Waals surface area contributed by atoms with Crippen molar-refractivity contribution in [2.75, 3.05) is 11.9 Å². The molecule has 1 spiro atoms.